The minimum atomic E-state index is 0.136. The number of amides is 1. The molecule has 1 aliphatic heterocycles. The van der Waals surface area contributed by atoms with Crippen molar-refractivity contribution in [1.82, 2.24) is 19.4 Å². The van der Waals surface area contributed by atoms with Crippen LogP contribution < -0.4 is 0 Å². The third kappa shape index (κ3) is 3.61. The number of piperidine rings is 1. The normalized spacial score (nSPS) is 14.8. The molecule has 0 aliphatic carbocycles. The molecule has 1 fully saturated rings. The summed E-state index contributed by atoms with van der Waals surface area (Å²) in [4.78, 5) is 24.6. The molecule has 4 aromatic rings. The van der Waals surface area contributed by atoms with E-state index in [9.17, 15) is 4.79 Å². The van der Waals surface area contributed by atoms with Gasteiger partial charge in [0, 0.05) is 42.9 Å². The first-order chi connectivity index (χ1) is 15.1. The van der Waals surface area contributed by atoms with Gasteiger partial charge in [0.05, 0.1) is 17.5 Å². The summed E-state index contributed by atoms with van der Waals surface area (Å²) in [5.74, 6) is 0.472. The second-order valence-electron chi connectivity index (χ2n) is 8.37. The standard InChI is InChI=1S/C26H26N4O/c1-18-8-6-7-11-21(18)26(31)30-14-12-19(13-15-30)22-16-23-25(27-17-29(23)2)24(28-22)20-9-4-3-5-10-20/h3-11,16-17,19H,12-15H2,1-2H3. The summed E-state index contributed by atoms with van der Waals surface area (Å²) in [7, 11) is 2.03. The smallest absolute Gasteiger partial charge is 0.254 e. The number of hydrogen-bond acceptors (Lipinski definition) is 3. The maximum absolute atomic E-state index is 13.0. The lowest BCUT2D eigenvalue weighted by Crippen LogP contribution is -2.38. The molecule has 5 nitrogen and oxygen atoms in total. The number of carbonyl (C=O) groups excluding carboxylic acids is 1. The third-order valence-corrected chi connectivity index (χ3v) is 6.36. The molecule has 5 heteroatoms. The summed E-state index contributed by atoms with van der Waals surface area (Å²) in [5, 5.41) is 0. The molecule has 156 valence electrons. The second-order valence-corrected chi connectivity index (χ2v) is 8.37. The summed E-state index contributed by atoms with van der Waals surface area (Å²) >= 11 is 0. The highest BCUT2D eigenvalue weighted by molar-refractivity contribution is 5.95. The Morgan fingerprint density at radius 2 is 1.71 bits per heavy atom. The molecule has 0 spiro atoms. The summed E-state index contributed by atoms with van der Waals surface area (Å²) in [6, 6.07) is 20.3. The molecule has 0 bridgehead atoms. The lowest BCUT2D eigenvalue weighted by atomic mass is 9.91. The Morgan fingerprint density at radius 3 is 2.45 bits per heavy atom. The summed E-state index contributed by atoms with van der Waals surface area (Å²) in [6.07, 6.45) is 3.69. The first-order valence-corrected chi connectivity index (χ1v) is 10.8. The van der Waals surface area contributed by atoms with Gasteiger partial charge in [-0.15, -0.1) is 0 Å². The fourth-order valence-electron chi connectivity index (χ4n) is 4.51. The number of pyridine rings is 1. The maximum atomic E-state index is 13.0. The average molecular weight is 411 g/mol. The van der Waals surface area contributed by atoms with Crippen LogP contribution in [0.15, 0.2) is 67.0 Å². The van der Waals surface area contributed by atoms with Crippen molar-refractivity contribution in [2.45, 2.75) is 25.7 Å². The molecule has 1 amide bonds. The Balaban J connectivity index is 1.42. The number of carbonyl (C=O) groups is 1. The highest BCUT2D eigenvalue weighted by Crippen LogP contribution is 2.33. The first-order valence-electron chi connectivity index (χ1n) is 10.8. The second kappa shape index (κ2) is 7.99. The number of rotatable bonds is 3. The molecule has 0 unspecified atom stereocenters. The van der Waals surface area contributed by atoms with Crippen LogP contribution in [0.3, 0.4) is 0 Å². The van der Waals surface area contributed by atoms with Crippen molar-refractivity contribution in [3.63, 3.8) is 0 Å². The van der Waals surface area contributed by atoms with E-state index in [1.165, 1.54) is 0 Å². The van der Waals surface area contributed by atoms with Gasteiger partial charge in [-0.05, 0) is 37.5 Å². The average Bonchev–Trinajstić information content (AvgIpc) is 3.20. The van der Waals surface area contributed by atoms with E-state index in [-0.39, 0.29) is 5.91 Å². The largest absolute Gasteiger partial charge is 0.339 e. The number of imidazole rings is 1. The monoisotopic (exact) mass is 410 g/mol. The van der Waals surface area contributed by atoms with Crippen molar-refractivity contribution in [2.75, 3.05) is 13.1 Å². The Kier molecular flexibility index (Phi) is 5.02. The molecule has 5 rings (SSSR count). The van der Waals surface area contributed by atoms with Gasteiger partial charge < -0.3 is 9.47 Å². The number of nitrogens with zero attached hydrogens (tertiary/aromatic N) is 4. The van der Waals surface area contributed by atoms with Gasteiger partial charge in [0.25, 0.3) is 5.91 Å². The van der Waals surface area contributed by atoms with Crippen LogP contribution in [0, 0.1) is 6.92 Å². The van der Waals surface area contributed by atoms with E-state index in [4.69, 9.17) is 4.98 Å². The van der Waals surface area contributed by atoms with Crippen LogP contribution in [0.5, 0.6) is 0 Å². The molecule has 0 atom stereocenters. The molecular weight excluding hydrogens is 384 g/mol. The summed E-state index contributed by atoms with van der Waals surface area (Å²) < 4.78 is 2.06. The number of fused-ring (bicyclic) bond motifs is 1. The van der Waals surface area contributed by atoms with E-state index < -0.39 is 0 Å². The molecule has 0 saturated carbocycles. The van der Waals surface area contributed by atoms with Gasteiger partial charge in [0.15, 0.2) is 0 Å². The van der Waals surface area contributed by atoms with Crippen molar-refractivity contribution in [3.05, 3.63) is 83.8 Å². The van der Waals surface area contributed by atoms with E-state index in [1.807, 2.05) is 67.7 Å². The van der Waals surface area contributed by atoms with Crippen molar-refractivity contribution in [1.29, 1.82) is 0 Å². The number of aryl methyl sites for hydroxylation is 2. The fourth-order valence-corrected chi connectivity index (χ4v) is 4.51. The van der Waals surface area contributed by atoms with Crippen LogP contribution in [0.1, 0.15) is 40.4 Å². The zero-order chi connectivity index (χ0) is 21.4. The molecule has 1 aliphatic rings. The van der Waals surface area contributed by atoms with Crippen molar-refractivity contribution in [3.8, 4) is 11.3 Å². The molecule has 2 aromatic carbocycles. The van der Waals surface area contributed by atoms with Crippen molar-refractivity contribution < 1.29 is 4.79 Å². The molecule has 31 heavy (non-hydrogen) atoms. The maximum Gasteiger partial charge on any atom is 0.254 e. The van der Waals surface area contributed by atoms with Gasteiger partial charge in [-0.3, -0.25) is 9.78 Å². The molecule has 3 heterocycles. The number of likely N-dealkylation sites (tertiary alicyclic amines) is 1. The Hall–Kier alpha value is -3.47. The summed E-state index contributed by atoms with van der Waals surface area (Å²) in [6.45, 7) is 3.51. The molecule has 1 saturated heterocycles. The van der Waals surface area contributed by atoms with Gasteiger partial charge >= 0.3 is 0 Å². The number of aromatic nitrogens is 3. The first kappa shape index (κ1) is 19.5. The van der Waals surface area contributed by atoms with E-state index in [1.54, 1.807) is 0 Å². The van der Waals surface area contributed by atoms with Crippen LogP contribution in [0.25, 0.3) is 22.3 Å². The van der Waals surface area contributed by atoms with Gasteiger partial charge in [-0.1, -0.05) is 48.5 Å². The highest BCUT2D eigenvalue weighted by atomic mass is 16.2. The highest BCUT2D eigenvalue weighted by Gasteiger charge is 2.27. The SMILES string of the molecule is Cc1ccccc1C(=O)N1CCC(c2cc3c(ncn3C)c(-c3ccccc3)n2)CC1. The van der Waals surface area contributed by atoms with Crippen molar-refractivity contribution >= 4 is 16.9 Å². The fraction of sp³-hybridized carbons (Fsp3) is 0.269. The Bertz CT molecular complexity index is 1240. The Labute approximate surface area is 182 Å². The predicted octanol–water partition coefficient (Wildman–Crippen LogP) is 4.96. The lowest BCUT2D eigenvalue weighted by Gasteiger charge is -2.32. The van der Waals surface area contributed by atoms with Crippen LogP contribution in [-0.4, -0.2) is 38.4 Å². The molecular formula is C26H26N4O. The topological polar surface area (TPSA) is 51.0 Å². The van der Waals surface area contributed by atoms with E-state index in [0.29, 0.717) is 5.92 Å². The quantitative estimate of drug-likeness (QED) is 0.479. The zero-order valence-corrected chi connectivity index (χ0v) is 18.0. The summed E-state index contributed by atoms with van der Waals surface area (Å²) in [5.41, 5.74) is 6.99. The molecule has 2 aromatic heterocycles. The van der Waals surface area contributed by atoms with Crippen LogP contribution >= 0.6 is 0 Å². The molecule has 0 N–H and O–H groups in total. The van der Waals surface area contributed by atoms with E-state index in [2.05, 4.69) is 27.8 Å². The molecule has 0 radical (unpaired) electrons. The third-order valence-electron chi connectivity index (χ3n) is 6.36. The zero-order valence-electron chi connectivity index (χ0n) is 18.0. The van der Waals surface area contributed by atoms with Gasteiger partial charge in [-0.2, -0.15) is 0 Å². The lowest BCUT2D eigenvalue weighted by molar-refractivity contribution is 0.0711. The minimum Gasteiger partial charge on any atom is -0.339 e. The number of hydrogen-bond donors (Lipinski definition) is 0. The van der Waals surface area contributed by atoms with Gasteiger partial charge in [0.1, 0.15) is 5.52 Å². The minimum absolute atomic E-state index is 0.136. The van der Waals surface area contributed by atoms with E-state index >= 15 is 0 Å². The van der Waals surface area contributed by atoms with Gasteiger partial charge in [0.2, 0.25) is 0 Å². The van der Waals surface area contributed by atoms with Gasteiger partial charge in [-0.25, -0.2) is 4.98 Å². The van der Waals surface area contributed by atoms with Crippen LogP contribution in [0.2, 0.25) is 0 Å². The van der Waals surface area contributed by atoms with E-state index in [0.717, 1.165) is 65.0 Å². The predicted molar refractivity (Wildman–Crippen MR) is 123 cm³/mol. The number of benzene rings is 2. The Morgan fingerprint density at radius 1 is 1.00 bits per heavy atom. The van der Waals surface area contributed by atoms with Crippen LogP contribution in [-0.2, 0) is 7.05 Å². The van der Waals surface area contributed by atoms with Crippen molar-refractivity contribution in [2.24, 2.45) is 7.05 Å². The van der Waals surface area contributed by atoms with Crippen LogP contribution in [0.4, 0.5) is 0 Å².